The Morgan fingerprint density at radius 2 is 1.46 bits per heavy atom. The van der Waals surface area contributed by atoms with E-state index in [1.165, 1.54) is 12.1 Å². The largest absolute Gasteiger partial charge is 0.416 e. The molecule has 2 nitrogen and oxygen atoms in total. The molecule has 0 aromatic heterocycles. The van der Waals surface area contributed by atoms with E-state index in [1.54, 1.807) is 12.1 Å². The van der Waals surface area contributed by atoms with Crippen LogP contribution in [0.15, 0.2) is 79.4 Å². The highest BCUT2D eigenvalue weighted by atomic mass is 19.4. The second kappa shape index (κ2) is 10.7. The van der Waals surface area contributed by atoms with Gasteiger partial charge in [-0.05, 0) is 52.6 Å². The summed E-state index contributed by atoms with van der Waals surface area (Å²) in [5.74, 6) is -0.431. The van der Waals surface area contributed by atoms with E-state index in [0.717, 1.165) is 11.1 Å². The molecule has 0 aliphatic carbocycles. The second-order valence-electron chi connectivity index (χ2n) is 8.96. The number of halogens is 7. The van der Waals surface area contributed by atoms with Crippen LogP contribution in [0, 0.1) is 5.82 Å². The van der Waals surface area contributed by atoms with Gasteiger partial charge in [0.25, 0.3) is 0 Å². The zero-order valence-corrected chi connectivity index (χ0v) is 19.6. The highest BCUT2D eigenvalue weighted by Crippen LogP contribution is 2.40. The molecule has 0 amide bonds. The van der Waals surface area contributed by atoms with Gasteiger partial charge in [0.05, 0.1) is 29.9 Å². The van der Waals surface area contributed by atoms with E-state index in [2.05, 4.69) is 11.5 Å². The summed E-state index contributed by atoms with van der Waals surface area (Å²) in [5, 5.41) is 0. The topological polar surface area (TPSA) is 12.5 Å². The fraction of sp³-hybridized carbons (Fsp3) is 0.286. The van der Waals surface area contributed by atoms with E-state index >= 15 is 0 Å². The van der Waals surface area contributed by atoms with Gasteiger partial charge >= 0.3 is 12.4 Å². The minimum Gasteiger partial charge on any atom is -0.375 e. The van der Waals surface area contributed by atoms with Crippen LogP contribution < -0.4 is 0 Å². The van der Waals surface area contributed by atoms with E-state index in [0.29, 0.717) is 31.8 Å². The summed E-state index contributed by atoms with van der Waals surface area (Å²) < 4.78 is 99.9. The predicted octanol–water partition coefficient (Wildman–Crippen LogP) is 7.91. The zero-order valence-electron chi connectivity index (χ0n) is 19.6. The van der Waals surface area contributed by atoms with Crippen LogP contribution in [-0.4, -0.2) is 24.2 Å². The average molecular weight is 523 g/mol. The average Bonchev–Trinajstić information content (AvgIpc) is 2.84. The molecule has 0 radical (unpaired) electrons. The molecule has 0 saturated carbocycles. The number of benzene rings is 3. The Balaban J connectivity index is 1.67. The van der Waals surface area contributed by atoms with E-state index in [-0.39, 0.29) is 23.6 Å². The third-order valence-electron chi connectivity index (χ3n) is 6.34. The molecule has 2 atom stereocenters. The third kappa shape index (κ3) is 6.59. The zero-order chi connectivity index (χ0) is 26.8. The molecule has 0 N–H and O–H groups in total. The van der Waals surface area contributed by atoms with Crippen molar-refractivity contribution in [2.24, 2.45) is 0 Å². The molecule has 9 heteroatoms. The van der Waals surface area contributed by atoms with Crippen LogP contribution in [0.2, 0.25) is 0 Å². The third-order valence-corrected chi connectivity index (χ3v) is 6.34. The molecule has 0 spiro atoms. The number of alkyl halides is 6. The maximum absolute atomic E-state index is 13.7. The van der Waals surface area contributed by atoms with E-state index in [4.69, 9.17) is 4.74 Å². The SMILES string of the molecule is C=C(C[C@H]1OCCN(Cc2ccccc2)[C@H]1c1ccc(F)cc1)c1cc(C(F)(F)F)cc(C(F)(F)F)c1. The van der Waals surface area contributed by atoms with Gasteiger partial charge in [-0.3, -0.25) is 4.90 Å². The molecule has 3 aromatic rings. The predicted molar refractivity (Wildman–Crippen MR) is 126 cm³/mol. The van der Waals surface area contributed by atoms with Crippen LogP contribution in [0.3, 0.4) is 0 Å². The van der Waals surface area contributed by atoms with Gasteiger partial charge in [0.1, 0.15) is 5.82 Å². The number of nitrogens with zero attached hydrogens (tertiary/aromatic N) is 1. The lowest BCUT2D eigenvalue weighted by Gasteiger charge is -2.42. The Morgan fingerprint density at radius 1 is 0.865 bits per heavy atom. The molecule has 1 saturated heterocycles. The van der Waals surface area contributed by atoms with Crippen molar-refractivity contribution >= 4 is 5.57 Å². The Kier molecular flexibility index (Phi) is 7.75. The first-order valence-electron chi connectivity index (χ1n) is 11.5. The Labute approximate surface area is 210 Å². The van der Waals surface area contributed by atoms with Crippen LogP contribution in [0.1, 0.15) is 40.3 Å². The Morgan fingerprint density at radius 3 is 2.03 bits per heavy atom. The summed E-state index contributed by atoms with van der Waals surface area (Å²) in [6.07, 6.45) is -10.6. The molecular weight excluding hydrogens is 499 g/mol. The van der Waals surface area contributed by atoms with E-state index < -0.39 is 41.4 Å². The van der Waals surface area contributed by atoms with Crippen molar-refractivity contribution < 1.29 is 35.5 Å². The maximum atomic E-state index is 13.7. The molecule has 0 bridgehead atoms. The van der Waals surface area contributed by atoms with Gasteiger partial charge in [-0.25, -0.2) is 4.39 Å². The lowest BCUT2D eigenvalue weighted by Crippen LogP contribution is -2.45. The molecule has 37 heavy (non-hydrogen) atoms. The van der Waals surface area contributed by atoms with E-state index in [9.17, 15) is 30.7 Å². The number of morpholine rings is 1. The molecule has 3 aromatic carbocycles. The summed E-state index contributed by atoms with van der Waals surface area (Å²) >= 11 is 0. The lowest BCUT2D eigenvalue weighted by molar-refractivity contribution is -0.143. The first-order chi connectivity index (χ1) is 17.4. The van der Waals surface area contributed by atoms with Gasteiger partial charge in [0.15, 0.2) is 0 Å². The van der Waals surface area contributed by atoms with Crippen LogP contribution >= 0.6 is 0 Å². The monoisotopic (exact) mass is 523 g/mol. The van der Waals surface area contributed by atoms with Crippen molar-refractivity contribution in [3.63, 3.8) is 0 Å². The maximum Gasteiger partial charge on any atom is 0.416 e. The summed E-state index contributed by atoms with van der Waals surface area (Å²) in [4.78, 5) is 2.11. The second-order valence-corrected chi connectivity index (χ2v) is 8.96. The van der Waals surface area contributed by atoms with Crippen molar-refractivity contribution in [1.29, 1.82) is 0 Å². The van der Waals surface area contributed by atoms with Gasteiger partial charge in [0.2, 0.25) is 0 Å². The quantitative estimate of drug-likeness (QED) is 0.305. The van der Waals surface area contributed by atoms with Crippen molar-refractivity contribution in [2.45, 2.75) is 37.5 Å². The van der Waals surface area contributed by atoms with Crippen LogP contribution in [-0.2, 0) is 23.6 Å². The number of rotatable bonds is 6. The first-order valence-corrected chi connectivity index (χ1v) is 11.5. The molecule has 1 aliphatic heterocycles. The minimum atomic E-state index is -4.96. The fourth-order valence-electron chi connectivity index (χ4n) is 4.56. The highest BCUT2D eigenvalue weighted by Gasteiger charge is 2.38. The summed E-state index contributed by atoms with van der Waals surface area (Å²) in [5.41, 5.74) is -1.25. The van der Waals surface area contributed by atoms with Gasteiger partial charge in [-0.1, -0.05) is 49.0 Å². The standard InChI is InChI=1S/C28H24F7NO/c1-18(21-14-22(27(30,31)32)16-23(15-21)28(33,34)35)13-25-26(20-7-9-24(29)10-8-20)36(11-12-37-25)17-19-5-3-2-4-6-19/h2-10,14-16,25-26H,1,11-13,17H2/t25-,26+/m1/s1. The fourth-order valence-corrected chi connectivity index (χ4v) is 4.56. The molecule has 196 valence electrons. The summed E-state index contributed by atoms with van der Waals surface area (Å²) in [6.45, 7) is 5.18. The Hall–Kier alpha value is -3.17. The number of hydrogen-bond acceptors (Lipinski definition) is 2. The first kappa shape index (κ1) is 26.9. The van der Waals surface area contributed by atoms with Gasteiger partial charge < -0.3 is 4.74 Å². The molecular formula is C28H24F7NO. The molecule has 1 fully saturated rings. The lowest BCUT2D eigenvalue weighted by atomic mass is 9.90. The van der Waals surface area contributed by atoms with Crippen molar-refractivity contribution in [2.75, 3.05) is 13.2 Å². The van der Waals surface area contributed by atoms with Gasteiger partial charge in [-0.15, -0.1) is 0 Å². The molecule has 0 unspecified atom stereocenters. The normalized spacial score (nSPS) is 19.1. The summed E-state index contributed by atoms with van der Waals surface area (Å²) in [6, 6.07) is 16.4. The highest BCUT2D eigenvalue weighted by molar-refractivity contribution is 5.65. The van der Waals surface area contributed by atoms with Crippen LogP contribution in [0.4, 0.5) is 30.7 Å². The molecule has 1 aliphatic rings. The van der Waals surface area contributed by atoms with Crippen LogP contribution in [0.5, 0.6) is 0 Å². The number of hydrogen-bond donors (Lipinski definition) is 0. The van der Waals surface area contributed by atoms with Crippen molar-refractivity contribution in [3.05, 3.63) is 113 Å². The number of ether oxygens (including phenoxy) is 1. The van der Waals surface area contributed by atoms with Gasteiger partial charge in [0, 0.05) is 19.5 Å². The minimum absolute atomic E-state index is 0.0219. The van der Waals surface area contributed by atoms with E-state index in [1.807, 2.05) is 30.3 Å². The molecule has 1 heterocycles. The van der Waals surface area contributed by atoms with Crippen molar-refractivity contribution in [3.8, 4) is 0 Å². The van der Waals surface area contributed by atoms with Gasteiger partial charge in [-0.2, -0.15) is 26.3 Å². The Bertz CT molecular complexity index is 1190. The molecule has 4 rings (SSSR count). The van der Waals surface area contributed by atoms with Crippen LogP contribution in [0.25, 0.3) is 5.57 Å². The smallest absolute Gasteiger partial charge is 0.375 e. The van der Waals surface area contributed by atoms with Crippen molar-refractivity contribution in [1.82, 2.24) is 4.90 Å². The summed E-state index contributed by atoms with van der Waals surface area (Å²) in [7, 11) is 0.